The Kier molecular flexibility index (Phi) is 5.85. The molecule has 0 saturated heterocycles. The number of methoxy groups -OCH3 is 2. The highest BCUT2D eigenvalue weighted by Gasteiger charge is 2.07. The van der Waals surface area contributed by atoms with Gasteiger partial charge in [0.2, 0.25) is 0 Å². The standard InChI is InChI=1S/C14H18FNO3/c1-4-10(14(17)19-3)7-8-16-13-9-11(18-2)5-6-12(13)15/h5-7,9,16H,4,8H2,1-3H3/b10-7-. The molecular weight excluding hydrogens is 249 g/mol. The molecule has 0 radical (unpaired) electrons. The highest BCUT2D eigenvalue weighted by atomic mass is 19.1. The fourth-order valence-corrected chi connectivity index (χ4v) is 1.55. The number of rotatable bonds is 6. The number of anilines is 1. The molecule has 0 aliphatic carbocycles. The Hall–Kier alpha value is -2.04. The lowest BCUT2D eigenvalue weighted by atomic mass is 10.2. The summed E-state index contributed by atoms with van der Waals surface area (Å²) in [5, 5.41) is 2.89. The molecule has 0 amide bonds. The minimum Gasteiger partial charge on any atom is -0.497 e. The van der Waals surface area contributed by atoms with Crippen LogP contribution in [0.5, 0.6) is 5.75 Å². The minimum atomic E-state index is -0.370. The number of benzene rings is 1. The highest BCUT2D eigenvalue weighted by Crippen LogP contribution is 2.20. The van der Waals surface area contributed by atoms with Crippen molar-refractivity contribution in [3.05, 3.63) is 35.7 Å². The third-order valence-electron chi connectivity index (χ3n) is 2.64. The van der Waals surface area contributed by atoms with E-state index in [-0.39, 0.29) is 11.8 Å². The molecule has 5 heteroatoms. The van der Waals surface area contributed by atoms with Gasteiger partial charge in [0, 0.05) is 18.2 Å². The van der Waals surface area contributed by atoms with E-state index in [0.29, 0.717) is 30.0 Å². The van der Waals surface area contributed by atoms with Gasteiger partial charge in [-0.2, -0.15) is 0 Å². The van der Waals surface area contributed by atoms with Crippen molar-refractivity contribution >= 4 is 11.7 Å². The molecule has 0 spiro atoms. The normalized spacial score (nSPS) is 11.1. The number of ether oxygens (including phenoxy) is 2. The summed E-state index contributed by atoms with van der Waals surface area (Å²) in [7, 11) is 2.85. The van der Waals surface area contributed by atoms with Crippen LogP contribution in [0.3, 0.4) is 0 Å². The molecule has 104 valence electrons. The van der Waals surface area contributed by atoms with Crippen LogP contribution in [0.2, 0.25) is 0 Å². The quantitative estimate of drug-likeness (QED) is 0.636. The van der Waals surface area contributed by atoms with Gasteiger partial charge < -0.3 is 14.8 Å². The van der Waals surface area contributed by atoms with Gasteiger partial charge in [-0.05, 0) is 18.6 Å². The molecule has 0 fully saturated rings. The van der Waals surface area contributed by atoms with E-state index >= 15 is 0 Å². The average molecular weight is 267 g/mol. The maximum atomic E-state index is 13.5. The van der Waals surface area contributed by atoms with E-state index in [1.165, 1.54) is 20.3 Å². The lowest BCUT2D eigenvalue weighted by molar-refractivity contribution is -0.136. The fraction of sp³-hybridized carbons (Fsp3) is 0.357. The Balaban J connectivity index is 2.71. The number of hydrogen-bond donors (Lipinski definition) is 1. The maximum Gasteiger partial charge on any atom is 0.333 e. The molecule has 0 aromatic heterocycles. The Morgan fingerprint density at radius 1 is 1.42 bits per heavy atom. The van der Waals surface area contributed by atoms with E-state index in [9.17, 15) is 9.18 Å². The van der Waals surface area contributed by atoms with Gasteiger partial charge in [0.05, 0.1) is 19.9 Å². The molecule has 0 heterocycles. The molecule has 1 N–H and O–H groups in total. The first-order chi connectivity index (χ1) is 9.12. The van der Waals surface area contributed by atoms with Crippen molar-refractivity contribution in [2.45, 2.75) is 13.3 Å². The summed E-state index contributed by atoms with van der Waals surface area (Å²) in [5.41, 5.74) is 0.884. The molecule has 1 rings (SSSR count). The average Bonchev–Trinajstić information content (AvgIpc) is 2.44. The first-order valence-corrected chi connectivity index (χ1v) is 5.97. The van der Waals surface area contributed by atoms with Crippen LogP contribution in [0.4, 0.5) is 10.1 Å². The van der Waals surface area contributed by atoms with Crippen LogP contribution in [0, 0.1) is 5.82 Å². The smallest absolute Gasteiger partial charge is 0.333 e. The van der Waals surface area contributed by atoms with Crippen LogP contribution in [0.1, 0.15) is 13.3 Å². The van der Waals surface area contributed by atoms with Crippen molar-refractivity contribution in [2.24, 2.45) is 0 Å². The SMILES string of the molecule is CC/C(=C/CNc1cc(OC)ccc1F)C(=O)OC. The zero-order chi connectivity index (χ0) is 14.3. The topological polar surface area (TPSA) is 47.6 Å². The van der Waals surface area contributed by atoms with E-state index in [1.54, 1.807) is 18.2 Å². The van der Waals surface area contributed by atoms with Crippen LogP contribution in [0.25, 0.3) is 0 Å². The lowest BCUT2D eigenvalue weighted by Crippen LogP contribution is -2.08. The van der Waals surface area contributed by atoms with Gasteiger partial charge >= 0.3 is 5.97 Å². The Morgan fingerprint density at radius 2 is 2.16 bits per heavy atom. The monoisotopic (exact) mass is 267 g/mol. The van der Waals surface area contributed by atoms with Crippen molar-refractivity contribution in [3.8, 4) is 5.75 Å². The van der Waals surface area contributed by atoms with E-state index < -0.39 is 0 Å². The minimum absolute atomic E-state index is 0.330. The molecule has 0 aliphatic heterocycles. The van der Waals surface area contributed by atoms with Crippen molar-refractivity contribution < 1.29 is 18.7 Å². The zero-order valence-corrected chi connectivity index (χ0v) is 11.3. The summed E-state index contributed by atoms with van der Waals surface area (Å²) < 4.78 is 23.2. The molecule has 1 aromatic rings. The molecular formula is C14H18FNO3. The predicted molar refractivity (Wildman–Crippen MR) is 71.8 cm³/mol. The van der Waals surface area contributed by atoms with Gasteiger partial charge in [0.25, 0.3) is 0 Å². The Bertz CT molecular complexity index is 472. The first-order valence-electron chi connectivity index (χ1n) is 5.97. The number of hydrogen-bond acceptors (Lipinski definition) is 4. The number of halogens is 1. The Labute approximate surface area is 112 Å². The largest absolute Gasteiger partial charge is 0.497 e. The molecule has 0 atom stereocenters. The second-order valence-electron chi connectivity index (χ2n) is 3.80. The molecule has 0 bridgehead atoms. The van der Waals surface area contributed by atoms with Gasteiger partial charge in [-0.15, -0.1) is 0 Å². The predicted octanol–water partition coefficient (Wildman–Crippen LogP) is 2.76. The number of esters is 1. The van der Waals surface area contributed by atoms with Crippen molar-refractivity contribution in [1.82, 2.24) is 0 Å². The molecule has 19 heavy (non-hydrogen) atoms. The fourth-order valence-electron chi connectivity index (χ4n) is 1.55. The number of nitrogens with one attached hydrogen (secondary N) is 1. The van der Waals surface area contributed by atoms with Gasteiger partial charge in [-0.25, -0.2) is 9.18 Å². The van der Waals surface area contributed by atoms with Gasteiger partial charge in [0.15, 0.2) is 0 Å². The second-order valence-corrected chi connectivity index (χ2v) is 3.80. The van der Waals surface area contributed by atoms with E-state index in [1.807, 2.05) is 6.92 Å². The summed E-state index contributed by atoms with van der Waals surface area (Å²) in [6.45, 7) is 2.19. The summed E-state index contributed by atoms with van der Waals surface area (Å²) in [6.07, 6.45) is 2.25. The highest BCUT2D eigenvalue weighted by molar-refractivity contribution is 5.88. The van der Waals surface area contributed by atoms with Crippen molar-refractivity contribution in [2.75, 3.05) is 26.1 Å². The van der Waals surface area contributed by atoms with Crippen LogP contribution >= 0.6 is 0 Å². The molecule has 4 nitrogen and oxygen atoms in total. The number of carbonyl (C=O) groups excluding carboxylic acids is 1. The number of carbonyl (C=O) groups is 1. The van der Waals surface area contributed by atoms with Crippen molar-refractivity contribution in [1.29, 1.82) is 0 Å². The van der Waals surface area contributed by atoms with Crippen LogP contribution in [-0.2, 0) is 9.53 Å². The summed E-state index contributed by atoms with van der Waals surface area (Å²) in [4.78, 5) is 11.3. The third kappa shape index (κ3) is 4.28. The van der Waals surface area contributed by atoms with Crippen LogP contribution in [0.15, 0.2) is 29.8 Å². The summed E-state index contributed by atoms with van der Waals surface area (Å²) in [5.74, 6) is -0.169. The maximum absolute atomic E-state index is 13.5. The molecule has 0 aliphatic rings. The van der Waals surface area contributed by atoms with Crippen molar-refractivity contribution in [3.63, 3.8) is 0 Å². The van der Waals surface area contributed by atoms with E-state index in [2.05, 4.69) is 10.1 Å². The lowest BCUT2D eigenvalue weighted by Gasteiger charge is -2.08. The van der Waals surface area contributed by atoms with E-state index in [4.69, 9.17) is 4.74 Å². The van der Waals surface area contributed by atoms with Crippen LogP contribution < -0.4 is 10.1 Å². The second kappa shape index (κ2) is 7.41. The molecule has 0 saturated carbocycles. The van der Waals surface area contributed by atoms with Crippen LogP contribution in [-0.4, -0.2) is 26.7 Å². The molecule has 1 aromatic carbocycles. The van der Waals surface area contributed by atoms with E-state index in [0.717, 1.165) is 0 Å². The van der Waals surface area contributed by atoms with Gasteiger partial charge in [-0.1, -0.05) is 13.0 Å². The third-order valence-corrected chi connectivity index (χ3v) is 2.64. The van der Waals surface area contributed by atoms with Gasteiger partial charge in [0.1, 0.15) is 11.6 Å². The zero-order valence-electron chi connectivity index (χ0n) is 11.3. The molecule has 0 unspecified atom stereocenters. The summed E-state index contributed by atoms with van der Waals surface area (Å²) in [6, 6.07) is 4.43. The Morgan fingerprint density at radius 3 is 2.74 bits per heavy atom. The van der Waals surface area contributed by atoms with Gasteiger partial charge in [-0.3, -0.25) is 0 Å². The first kappa shape index (κ1) is 15.0. The summed E-state index contributed by atoms with van der Waals surface area (Å²) >= 11 is 0.